The van der Waals surface area contributed by atoms with E-state index in [4.69, 9.17) is 21.5 Å². The average molecular weight is 449 g/mol. The Morgan fingerprint density at radius 3 is 2.52 bits per heavy atom. The Morgan fingerprint density at radius 1 is 1.03 bits per heavy atom. The number of halogens is 1. The molecule has 0 radical (unpaired) electrons. The van der Waals surface area contributed by atoms with E-state index in [0.717, 1.165) is 32.4 Å². The maximum atomic E-state index is 5.82. The van der Waals surface area contributed by atoms with Crippen LogP contribution < -0.4 is 0 Å². The third-order valence-electron chi connectivity index (χ3n) is 4.58. The predicted molar refractivity (Wildman–Crippen MR) is 125 cm³/mol. The molecular formula is C24H21ClN4OS. The van der Waals surface area contributed by atoms with E-state index in [-0.39, 0.29) is 0 Å². The molecule has 0 fully saturated rings. The molecule has 5 nitrogen and oxygen atoms in total. The number of rotatable bonds is 7. The van der Waals surface area contributed by atoms with Crippen LogP contribution in [-0.2, 0) is 11.4 Å². The van der Waals surface area contributed by atoms with E-state index in [0.29, 0.717) is 11.8 Å². The van der Waals surface area contributed by atoms with Gasteiger partial charge in [-0.2, -0.15) is 5.10 Å². The molecule has 0 aliphatic rings. The molecule has 0 atom stereocenters. The van der Waals surface area contributed by atoms with Crippen molar-refractivity contribution in [3.8, 4) is 5.69 Å². The minimum atomic E-state index is 0.312. The van der Waals surface area contributed by atoms with Crippen molar-refractivity contribution in [1.82, 2.24) is 14.8 Å². The molecule has 0 aliphatic heterocycles. The van der Waals surface area contributed by atoms with Crippen LogP contribution in [0, 0.1) is 13.8 Å². The number of hydrogen-bond donors (Lipinski definition) is 0. The molecule has 7 heteroatoms. The van der Waals surface area contributed by atoms with Crippen LogP contribution >= 0.6 is 23.4 Å². The molecule has 2 aromatic heterocycles. The predicted octanol–water partition coefficient (Wildman–Crippen LogP) is 6.24. The van der Waals surface area contributed by atoms with E-state index in [1.54, 1.807) is 30.2 Å². The van der Waals surface area contributed by atoms with Gasteiger partial charge in [0.05, 0.1) is 23.2 Å². The van der Waals surface area contributed by atoms with Crippen molar-refractivity contribution in [2.24, 2.45) is 5.16 Å². The Bertz CT molecular complexity index is 1170. The molecule has 2 aromatic carbocycles. The smallest absolute Gasteiger partial charge is 0.143 e. The summed E-state index contributed by atoms with van der Waals surface area (Å²) >= 11 is 7.47. The third-order valence-corrected chi connectivity index (χ3v) is 5.89. The van der Waals surface area contributed by atoms with E-state index in [1.807, 2.05) is 48.0 Å². The van der Waals surface area contributed by atoms with Crippen LogP contribution in [0.5, 0.6) is 0 Å². The van der Waals surface area contributed by atoms with Gasteiger partial charge in [0.25, 0.3) is 0 Å². The minimum absolute atomic E-state index is 0.312. The number of para-hydroxylation sites is 1. The van der Waals surface area contributed by atoms with Crippen molar-refractivity contribution in [1.29, 1.82) is 0 Å². The topological polar surface area (TPSA) is 52.3 Å². The molecule has 0 spiro atoms. The molecule has 0 saturated heterocycles. The molecule has 4 aromatic rings. The summed E-state index contributed by atoms with van der Waals surface area (Å²) in [6.45, 7) is 4.37. The fraction of sp³-hybridized carbons (Fsp3) is 0.125. The van der Waals surface area contributed by atoms with Crippen molar-refractivity contribution < 1.29 is 4.84 Å². The largest absolute Gasteiger partial charge is 0.391 e. The van der Waals surface area contributed by atoms with Gasteiger partial charge in [0, 0.05) is 16.7 Å². The molecule has 31 heavy (non-hydrogen) atoms. The zero-order valence-corrected chi connectivity index (χ0v) is 18.8. The van der Waals surface area contributed by atoms with Gasteiger partial charge in [-0.05, 0) is 44.2 Å². The number of nitrogens with zero attached hydrogens (tertiary/aromatic N) is 4. The molecule has 156 valence electrons. The summed E-state index contributed by atoms with van der Waals surface area (Å²) in [5.41, 5.74) is 4.91. The van der Waals surface area contributed by atoms with Crippen LogP contribution in [0.15, 0.2) is 88.0 Å². The van der Waals surface area contributed by atoms with E-state index < -0.39 is 0 Å². The SMILES string of the molecule is Cc1ccc(Sc2c(/C=N/OCc3ccc(Cl)nc3)c(C)nn2-c2ccccc2)cc1. The number of pyridine rings is 1. The van der Waals surface area contributed by atoms with Crippen LogP contribution in [-0.4, -0.2) is 21.0 Å². The molecule has 2 heterocycles. The third kappa shape index (κ3) is 5.34. The number of benzene rings is 2. The summed E-state index contributed by atoms with van der Waals surface area (Å²) in [5, 5.41) is 10.4. The summed E-state index contributed by atoms with van der Waals surface area (Å²) in [6.07, 6.45) is 3.40. The summed E-state index contributed by atoms with van der Waals surface area (Å²) in [5.74, 6) is 0. The lowest BCUT2D eigenvalue weighted by Gasteiger charge is -2.08. The first-order valence-corrected chi connectivity index (χ1v) is 10.9. The van der Waals surface area contributed by atoms with Crippen molar-refractivity contribution in [3.63, 3.8) is 0 Å². The molecular weight excluding hydrogens is 428 g/mol. The molecule has 0 unspecified atom stereocenters. The average Bonchev–Trinajstić information content (AvgIpc) is 3.10. The van der Waals surface area contributed by atoms with Crippen LogP contribution in [0.3, 0.4) is 0 Å². The first-order valence-electron chi connectivity index (χ1n) is 9.75. The highest BCUT2D eigenvalue weighted by atomic mass is 35.5. The van der Waals surface area contributed by atoms with Crippen LogP contribution in [0.4, 0.5) is 0 Å². The van der Waals surface area contributed by atoms with Crippen LogP contribution in [0.1, 0.15) is 22.4 Å². The lowest BCUT2D eigenvalue weighted by atomic mass is 10.2. The highest BCUT2D eigenvalue weighted by Gasteiger charge is 2.17. The normalized spacial score (nSPS) is 11.2. The maximum Gasteiger partial charge on any atom is 0.143 e. The Morgan fingerprint density at radius 2 is 1.81 bits per heavy atom. The van der Waals surface area contributed by atoms with Gasteiger partial charge < -0.3 is 4.84 Å². The maximum absolute atomic E-state index is 5.82. The van der Waals surface area contributed by atoms with Gasteiger partial charge in [0.1, 0.15) is 16.8 Å². The molecule has 0 saturated carbocycles. The Hall–Kier alpha value is -3.09. The first-order chi connectivity index (χ1) is 15.1. The number of oxime groups is 1. The van der Waals surface area contributed by atoms with Crippen molar-refractivity contribution in [2.45, 2.75) is 30.4 Å². The molecule has 0 amide bonds. The zero-order valence-electron chi connectivity index (χ0n) is 17.2. The van der Waals surface area contributed by atoms with Crippen molar-refractivity contribution in [3.05, 3.63) is 100 Å². The van der Waals surface area contributed by atoms with Crippen molar-refractivity contribution in [2.75, 3.05) is 0 Å². The van der Waals surface area contributed by atoms with Crippen LogP contribution in [0.25, 0.3) is 5.69 Å². The standard InChI is InChI=1S/C24H21ClN4OS/c1-17-8-11-21(12-9-17)31-24-22(15-27-30-16-19-10-13-23(25)26-14-19)18(2)28-29(24)20-6-4-3-5-7-20/h3-15H,16H2,1-2H3/b27-15+. The van der Waals surface area contributed by atoms with Gasteiger partial charge in [-0.15, -0.1) is 0 Å². The molecule has 0 bridgehead atoms. The highest BCUT2D eigenvalue weighted by Crippen LogP contribution is 2.33. The lowest BCUT2D eigenvalue weighted by Crippen LogP contribution is -1.98. The van der Waals surface area contributed by atoms with E-state index in [2.05, 4.69) is 41.3 Å². The summed E-state index contributed by atoms with van der Waals surface area (Å²) < 4.78 is 1.95. The van der Waals surface area contributed by atoms with E-state index in [9.17, 15) is 0 Å². The second-order valence-electron chi connectivity index (χ2n) is 6.96. The number of aryl methyl sites for hydroxylation is 2. The second kappa shape index (κ2) is 9.81. The highest BCUT2D eigenvalue weighted by molar-refractivity contribution is 7.99. The first kappa shape index (κ1) is 21.2. The zero-order chi connectivity index (χ0) is 21.6. The summed E-state index contributed by atoms with van der Waals surface area (Å²) in [6, 6.07) is 22.1. The van der Waals surface area contributed by atoms with Gasteiger partial charge >= 0.3 is 0 Å². The van der Waals surface area contributed by atoms with Gasteiger partial charge in [0.2, 0.25) is 0 Å². The fourth-order valence-corrected chi connectivity index (χ4v) is 4.07. The Labute approximate surface area is 190 Å². The molecule has 4 rings (SSSR count). The Kier molecular flexibility index (Phi) is 6.70. The Balaban J connectivity index is 1.61. The van der Waals surface area contributed by atoms with Gasteiger partial charge in [-0.1, -0.05) is 70.5 Å². The van der Waals surface area contributed by atoms with Crippen LogP contribution in [0.2, 0.25) is 5.15 Å². The van der Waals surface area contributed by atoms with Gasteiger partial charge in [-0.25, -0.2) is 9.67 Å². The van der Waals surface area contributed by atoms with Gasteiger partial charge in [-0.3, -0.25) is 0 Å². The van der Waals surface area contributed by atoms with Gasteiger partial charge in [0.15, 0.2) is 0 Å². The fourth-order valence-electron chi connectivity index (χ4n) is 2.92. The van der Waals surface area contributed by atoms with E-state index >= 15 is 0 Å². The quantitative estimate of drug-likeness (QED) is 0.191. The molecule has 0 N–H and O–H groups in total. The summed E-state index contributed by atoms with van der Waals surface area (Å²) in [7, 11) is 0. The molecule has 0 aliphatic carbocycles. The van der Waals surface area contributed by atoms with Crippen molar-refractivity contribution >= 4 is 29.6 Å². The monoisotopic (exact) mass is 448 g/mol. The lowest BCUT2D eigenvalue weighted by molar-refractivity contribution is 0.132. The minimum Gasteiger partial charge on any atom is -0.391 e. The summed E-state index contributed by atoms with van der Waals surface area (Å²) in [4.78, 5) is 10.7. The number of hydrogen-bond acceptors (Lipinski definition) is 5. The number of aromatic nitrogens is 3. The second-order valence-corrected chi connectivity index (χ2v) is 8.41. The van der Waals surface area contributed by atoms with E-state index in [1.165, 1.54) is 5.56 Å².